The van der Waals surface area contributed by atoms with Gasteiger partial charge in [-0.1, -0.05) is 45.4 Å². The fraction of sp³-hybridized carbons (Fsp3) is 0.500. The Kier molecular flexibility index (Phi) is 11.7. The molecule has 0 unspecified atom stereocenters. The zero-order valence-corrected chi connectivity index (χ0v) is 19.9. The summed E-state index contributed by atoms with van der Waals surface area (Å²) in [5.41, 5.74) is 0.664. The van der Waals surface area contributed by atoms with Crippen molar-refractivity contribution in [2.45, 2.75) is 72.4 Å². The van der Waals surface area contributed by atoms with Crippen LogP contribution in [0.4, 0.5) is 10.5 Å². The van der Waals surface area contributed by atoms with Crippen molar-refractivity contribution in [3.8, 4) is 0 Å². The van der Waals surface area contributed by atoms with Crippen LogP contribution in [0.1, 0.15) is 59.0 Å². The number of hydrogen-bond donors (Lipinski definition) is 1. The number of amides is 1. The average Bonchev–Trinajstić information content (AvgIpc) is 3.11. The first-order valence-electron chi connectivity index (χ1n) is 9.06. The summed E-state index contributed by atoms with van der Waals surface area (Å²) in [5.74, 6) is 0. The van der Waals surface area contributed by atoms with E-state index in [0.717, 1.165) is 4.88 Å². The minimum Gasteiger partial charge on any atom is -0.443 e. The first-order chi connectivity index (χ1) is 12.7. The van der Waals surface area contributed by atoms with Gasteiger partial charge in [-0.05, 0) is 39.1 Å². The summed E-state index contributed by atoms with van der Waals surface area (Å²) in [6.45, 7) is 15.7. The Morgan fingerprint density at radius 1 is 1.30 bits per heavy atom. The van der Waals surface area contributed by atoms with Crippen molar-refractivity contribution in [1.82, 2.24) is 4.98 Å². The lowest BCUT2D eigenvalue weighted by molar-refractivity contribution is 0.0577. The fourth-order valence-electron chi connectivity index (χ4n) is 1.94. The molecule has 0 spiro atoms. The Morgan fingerprint density at radius 3 is 2.37 bits per heavy atom. The number of aryl methyl sites for hydroxylation is 1. The molecule has 0 saturated heterocycles. The Balaban J connectivity index is 0.00000158. The largest absolute Gasteiger partial charge is 0.443 e. The van der Waals surface area contributed by atoms with Crippen molar-refractivity contribution in [3.63, 3.8) is 0 Å². The van der Waals surface area contributed by atoms with Crippen LogP contribution in [0.3, 0.4) is 0 Å². The smallest absolute Gasteiger partial charge is 0.415 e. The monoisotopic (exact) mass is 430 g/mol. The van der Waals surface area contributed by atoms with Gasteiger partial charge in [-0.2, -0.15) is 0 Å². The van der Waals surface area contributed by atoms with Gasteiger partial charge in [0.05, 0.1) is 17.9 Å². The van der Waals surface area contributed by atoms with Gasteiger partial charge in [0, 0.05) is 15.8 Å². The molecule has 0 aromatic carbocycles. The lowest BCUT2D eigenvalue weighted by Gasteiger charge is -2.28. The van der Waals surface area contributed by atoms with E-state index < -0.39 is 11.7 Å². The van der Waals surface area contributed by atoms with Crippen LogP contribution in [-0.2, 0) is 11.3 Å². The quantitative estimate of drug-likeness (QED) is 0.407. The summed E-state index contributed by atoms with van der Waals surface area (Å²) in [7, 11) is 0. The van der Waals surface area contributed by atoms with E-state index in [-0.39, 0.29) is 0 Å². The Bertz CT molecular complexity index is 699. The molecule has 4 nitrogen and oxygen atoms in total. The molecular formula is C20H31ClN2O2S2. The van der Waals surface area contributed by atoms with Crippen LogP contribution < -0.4 is 4.90 Å². The predicted octanol–water partition coefficient (Wildman–Crippen LogP) is 7.39. The first kappa shape index (κ1) is 25.8. The maximum atomic E-state index is 12.7. The number of rotatable bonds is 3. The topological polar surface area (TPSA) is 42.4 Å². The van der Waals surface area contributed by atoms with Gasteiger partial charge < -0.3 is 4.74 Å². The van der Waals surface area contributed by atoms with Crippen LogP contribution in [0.2, 0.25) is 5.15 Å². The SMILES string of the molecule is CC.CC.Cc1nc(Cl)cc(N(Cc2cccs2)C(=O)OC(C)(C)C)c1S. The molecule has 0 aliphatic carbocycles. The summed E-state index contributed by atoms with van der Waals surface area (Å²) in [5, 5.41) is 2.28. The third-order valence-electron chi connectivity index (χ3n) is 2.91. The van der Waals surface area contributed by atoms with E-state index in [4.69, 9.17) is 16.3 Å². The predicted molar refractivity (Wildman–Crippen MR) is 121 cm³/mol. The molecule has 0 atom stereocenters. The zero-order chi connectivity index (χ0) is 21.2. The van der Waals surface area contributed by atoms with Crippen LogP contribution in [0.15, 0.2) is 28.5 Å². The van der Waals surface area contributed by atoms with Crippen molar-refractivity contribution in [1.29, 1.82) is 0 Å². The highest BCUT2D eigenvalue weighted by atomic mass is 35.5. The Morgan fingerprint density at radius 2 is 1.89 bits per heavy atom. The number of anilines is 1. The molecule has 0 fully saturated rings. The molecule has 2 heterocycles. The summed E-state index contributed by atoms with van der Waals surface area (Å²) >= 11 is 12.1. The molecule has 0 radical (unpaired) electrons. The first-order valence-corrected chi connectivity index (χ1v) is 10.8. The van der Waals surface area contributed by atoms with Crippen LogP contribution in [-0.4, -0.2) is 16.7 Å². The molecule has 2 rings (SSSR count). The molecule has 0 saturated carbocycles. The van der Waals surface area contributed by atoms with Gasteiger partial charge in [0.2, 0.25) is 0 Å². The second kappa shape index (κ2) is 12.3. The second-order valence-electron chi connectivity index (χ2n) is 6.04. The lowest BCUT2D eigenvalue weighted by atomic mass is 10.2. The lowest BCUT2D eigenvalue weighted by Crippen LogP contribution is -2.36. The normalized spacial score (nSPS) is 10.1. The summed E-state index contributed by atoms with van der Waals surface area (Å²) in [6, 6.07) is 5.55. The van der Waals surface area contributed by atoms with E-state index in [1.807, 2.05) is 66.0 Å². The molecule has 0 N–H and O–H groups in total. The zero-order valence-electron chi connectivity index (χ0n) is 17.5. The Hall–Kier alpha value is -1.24. The Labute approximate surface area is 178 Å². The van der Waals surface area contributed by atoms with E-state index >= 15 is 0 Å². The van der Waals surface area contributed by atoms with Crippen molar-refractivity contribution in [3.05, 3.63) is 39.3 Å². The second-order valence-corrected chi connectivity index (χ2v) is 7.91. The number of halogens is 1. The summed E-state index contributed by atoms with van der Waals surface area (Å²) in [4.78, 5) is 20.0. The molecule has 2 aromatic rings. The fourth-order valence-corrected chi connectivity index (χ4v) is 3.10. The number of aromatic nitrogens is 1. The van der Waals surface area contributed by atoms with Gasteiger partial charge in [-0.3, -0.25) is 4.90 Å². The van der Waals surface area contributed by atoms with Gasteiger partial charge in [0.15, 0.2) is 0 Å². The minimum absolute atomic E-state index is 0.315. The van der Waals surface area contributed by atoms with Crippen LogP contribution in [0.5, 0.6) is 0 Å². The number of carbonyl (C=O) groups excluding carboxylic acids is 1. The van der Waals surface area contributed by atoms with E-state index in [1.165, 1.54) is 0 Å². The standard InChI is InChI=1S/C16H19ClN2O2S2.2C2H6/c1-10-14(22)12(8-13(17)18-10)19(9-11-6-5-7-23-11)15(20)21-16(2,3)4;2*1-2/h5-8,22H,9H2,1-4H3;2*1-2H3. The summed E-state index contributed by atoms with van der Waals surface area (Å²) in [6.07, 6.45) is -0.442. The molecule has 152 valence electrons. The molecule has 2 aromatic heterocycles. The van der Waals surface area contributed by atoms with Gasteiger partial charge in [-0.15, -0.1) is 24.0 Å². The molecule has 1 amide bonds. The van der Waals surface area contributed by atoms with Crippen LogP contribution in [0, 0.1) is 6.92 Å². The highest BCUT2D eigenvalue weighted by molar-refractivity contribution is 7.80. The minimum atomic E-state index is -0.590. The van der Waals surface area contributed by atoms with Crippen LogP contribution >= 0.6 is 35.6 Å². The third-order valence-corrected chi connectivity index (χ3v) is 4.52. The molecule has 27 heavy (non-hydrogen) atoms. The number of ether oxygens (including phenoxy) is 1. The molecule has 0 aliphatic heterocycles. The van der Waals surface area contributed by atoms with E-state index in [2.05, 4.69) is 17.6 Å². The van der Waals surface area contributed by atoms with Crippen molar-refractivity contribution >= 4 is 47.3 Å². The van der Waals surface area contributed by atoms with Gasteiger partial charge in [0.25, 0.3) is 0 Å². The number of hydrogen-bond acceptors (Lipinski definition) is 5. The van der Waals surface area contributed by atoms with Gasteiger partial charge in [-0.25, -0.2) is 9.78 Å². The molecule has 0 bridgehead atoms. The van der Waals surface area contributed by atoms with Gasteiger partial charge in [0.1, 0.15) is 10.8 Å². The highest BCUT2D eigenvalue weighted by Crippen LogP contribution is 2.32. The number of pyridine rings is 1. The van der Waals surface area contributed by atoms with Crippen LogP contribution in [0.25, 0.3) is 0 Å². The number of thiol groups is 1. The highest BCUT2D eigenvalue weighted by Gasteiger charge is 2.26. The third kappa shape index (κ3) is 8.54. The number of thiophene rings is 1. The number of nitrogens with zero attached hydrogens (tertiary/aromatic N) is 2. The van der Waals surface area contributed by atoms with Gasteiger partial charge >= 0.3 is 6.09 Å². The van der Waals surface area contributed by atoms with Crippen molar-refractivity contribution < 1.29 is 9.53 Å². The average molecular weight is 431 g/mol. The maximum absolute atomic E-state index is 12.7. The number of carbonyl (C=O) groups is 1. The van der Waals surface area contributed by atoms with Crippen molar-refractivity contribution in [2.24, 2.45) is 0 Å². The molecule has 7 heteroatoms. The van der Waals surface area contributed by atoms with Crippen molar-refractivity contribution in [2.75, 3.05) is 4.90 Å². The van der Waals surface area contributed by atoms with E-state index in [0.29, 0.717) is 28.0 Å². The van der Waals surface area contributed by atoms with E-state index in [1.54, 1.807) is 29.2 Å². The molecule has 0 aliphatic rings. The summed E-state index contributed by atoms with van der Waals surface area (Å²) < 4.78 is 5.53. The maximum Gasteiger partial charge on any atom is 0.415 e. The van der Waals surface area contributed by atoms with E-state index in [9.17, 15) is 4.79 Å². The molecular weight excluding hydrogens is 400 g/mol.